The lowest BCUT2D eigenvalue weighted by Crippen LogP contribution is -2.29. The summed E-state index contributed by atoms with van der Waals surface area (Å²) in [5.74, 6) is 0.197. The first kappa shape index (κ1) is 16.7. The minimum absolute atomic E-state index is 0.230. The Bertz CT molecular complexity index is 1350. The van der Waals surface area contributed by atoms with Crippen LogP contribution in [0.2, 0.25) is 0 Å². The van der Waals surface area contributed by atoms with Crippen molar-refractivity contribution in [3.63, 3.8) is 0 Å². The number of anilines is 1. The maximum absolute atomic E-state index is 13.4. The fraction of sp³-hybridized carbons (Fsp3) is 0.0952. The number of hydrogen-bond donors (Lipinski definition) is 1. The van der Waals surface area contributed by atoms with Gasteiger partial charge in [-0.25, -0.2) is 9.88 Å². The van der Waals surface area contributed by atoms with Gasteiger partial charge in [0.15, 0.2) is 17.1 Å². The highest BCUT2D eigenvalue weighted by atomic mass is 16.6. The number of rotatable bonds is 2. The molecular formula is C21H13N5O4. The van der Waals surface area contributed by atoms with Crippen molar-refractivity contribution in [2.45, 2.75) is 0 Å². The third kappa shape index (κ3) is 2.26. The van der Waals surface area contributed by atoms with E-state index >= 15 is 0 Å². The second-order valence-corrected chi connectivity index (χ2v) is 6.86. The average Bonchev–Trinajstić information content (AvgIpc) is 3.33. The van der Waals surface area contributed by atoms with Gasteiger partial charge in [-0.05, 0) is 24.3 Å². The SMILES string of the molecule is O=C1c2cnc3n[nH]c(-c4cccnc4)c3c2C(=O)N1c1ccc2c(c1)OCCO2. The van der Waals surface area contributed by atoms with Crippen molar-refractivity contribution < 1.29 is 19.1 Å². The molecule has 0 fully saturated rings. The van der Waals surface area contributed by atoms with E-state index in [9.17, 15) is 9.59 Å². The number of aromatic amines is 1. The molecule has 0 saturated carbocycles. The average molecular weight is 399 g/mol. The predicted octanol–water partition coefficient (Wildman–Crippen LogP) is 2.59. The summed E-state index contributed by atoms with van der Waals surface area (Å²) in [5.41, 5.74) is 2.60. The van der Waals surface area contributed by atoms with Crippen molar-refractivity contribution >= 4 is 28.5 Å². The Kier molecular flexibility index (Phi) is 3.40. The summed E-state index contributed by atoms with van der Waals surface area (Å²) in [6.45, 7) is 0.868. The van der Waals surface area contributed by atoms with Gasteiger partial charge in [-0.1, -0.05) is 0 Å². The van der Waals surface area contributed by atoms with E-state index in [1.807, 2.05) is 6.07 Å². The van der Waals surface area contributed by atoms with Crippen LogP contribution in [0.1, 0.15) is 20.7 Å². The molecule has 2 aliphatic rings. The molecule has 0 radical (unpaired) electrons. The number of aromatic nitrogens is 4. The normalized spacial score (nSPS) is 15.0. The lowest BCUT2D eigenvalue weighted by atomic mass is 10.0. The lowest BCUT2D eigenvalue weighted by molar-refractivity contribution is 0.0926. The molecule has 0 bridgehead atoms. The number of carbonyl (C=O) groups is 2. The number of H-pyrrole nitrogens is 1. The van der Waals surface area contributed by atoms with E-state index in [1.165, 1.54) is 6.20 Å². The van der Waals surface area contributed by atoms with Crippen LogP contribution in [0, 0.1) is 0 Å². The van der Waals surface area contributed by atoms with Crippen molar-refractivity contribution in [3.8, 4) is 22.8 Å². The maximum atomic E-state index is 13.4. The summed E-state index contributed by atoms with van der Waals surface area (Å²) in [6, 6.07) is 8.63. The van der Waals surface area contributed by atoms with E-state index in [2.05, 4.69) is 20.2 Å². The largest absolute Gasteiger partial charge is 0.486 e. The van der Waals surface area contributed by atoms with E-state index in [0.717, 1.165) is 10.5 Å². The Balaban J connectivity index is 1.52. The summed E-state index contributed by atoms with van der Waals surface area (Å²) < 4.78 is 11.1. The third-order valence-electron chi connectivity index (χ3n) is 5.17. The van der Waals surface area contributed by atoms with E-state index in [-0.39, 0.29) is 11.1 Å². The highest BCUT2D eigenvalue weighted by molar-refractivity contribution is 6.38. The molecule has 1 aromatic carbocycles. The van der Waals surface area contributed by atoms with Gasteiger partial charge < -0.3 is 9.47 Å². The Morgan fingerprint density at radius 3 is 2.70 bits per heavy atom. The van der Waals surface area contributed by atoms with Gasteiger partial charge in [0.05, 0.1) is 27.9 Å². The molecule has 0 atom stereocenters. The zero-order valence-electron chi connectivity index (χ0n) is 15.5. The van der Waals surface area contributed by atoms with Crippen LogP contribution in [0.4, 0.5) is 5.69 Å². The number of fused-ring (bicyclic) bond motifs is 4. The quantitative estimate of drug-likeness (QED) is 0.516. The van der Waals surface area contributed by atoms with E-state index in [4.69, 9.17) is 9.47 Å². The number of pyridine rings is 2. The monoisotopic (exact) mass is 399 g/mol. The number of ether oxygens (including phenoxy) is 2. The second-order valence-electron chi connectivity index (χ2n) is 6.86. The third-order valence-corrected chi connectivity index (χ3v) is 5.17. The summed E-state index contributed by atoms with van der Waals surface area (Å²) in [6.07, 6.45) is 4.71. The zero-order valence-corrected chi connectivity index (χ0v) is 15.5. The summed E-state index contributed by atoms with van der Waals surface area (Å²) >= 11 is 0. The van der Waals surface area contributed by atoms with E-state index in [0.29, 0.717) is 47.1 Å². The van der Waals surface area contributed by atoms with Gasteiger partial charge in [0, 0.05) is 30.2 Å². The van der Waals surface area contributed by atoms with Gasteiger partial charge in [0.1, 0.15) is 13.2 Å². The van der Waals surface area contributed by atoms with Crippen LogP contribution >= 0.6 is 0 Å². The maximum Gasteiger partial charge on any atom is 0.267 e. The molecule has 6 rings (SSSR count). The number of carbonyl (C=O) groups excluding carboxylic acids is 2. The fourth-order valence-electron chi connectivity index (χ4n) is 3.82. The van der Waals surface area contributed by atoms with Crippen molar-refractivity contribution in [3.05, 3.63) is 60.0 Å². The number of nitrogens with one attached hydrogen (secondary N) is 1. The van der Waals surface area contributed by atoms with Crippen molar-refractivity contribution in [2.75, 3.05) is 18.1 Å². The Morgan fingerprint density at radius 1 is 1.00 bits per heavy atom. The standard InChI is InChI=1S/C21H13N5O4/c27-20-13-10-23-19-17(18(24-25-19)11-2-1-5-22-9-11)16(13)21(28)26(20)12-3-4-14-15(8-12)30-7-6-29-14/h1-5,8-10H,6-7H2,(H,23,24,25). The molecule has 5 heterocycles. The molecule has 2 amide bonds. The molecule has 146 valence electrons. The first-order chi connectivity index (χ1) is 14.7. The highest BCUT2D eigenvalue weighted by Gasteiger charge is 2.40. The molecule has 0 aliphatic carbocycles. The number of amides is 2. The summed E-state index contributed by atoms with van der Waals surface area (Å²) in [7, 11) is 0. The summed E-state index contributed by atoms with van der Waals surface area (Å²) in [4.78, 5) is 36.1. The molecule has 0 unspecified atom stereocenters. The first-order valence-corrected chi connectivity index (χ1v) is 9.28. The summed E-state index contributed by atoms with van der Waals surface area (Å²) in [5, 5.41) is 7.62. The Labute approximate surface area is 169 Å². The minimum Gasteiger partial charge on any atom is -0.486 e. The van der Waals surface area contributed by atoms with Gasteiger partial charge in [0.25, 0.3) is 11.8 Å². The zero-order chi connectivity index (χ0) is 20.2. The molecule has 0 spiro atoms. The Morgan fingerprint density at radius 2 is 1.87 bits per heavy atom. The molecule has 30 heavy (non-hydrogen) atoms. The van der Waals surface area contributed by atoms with Crippen LogP contribution in [-0.4, -0.2) is 45.2 Å². The molecule has 9 nitrogen and oxygen atoms in total. The Hall–Kier alpha value is -4.27. The minimum atomic E-state index is -0.445. The van der Waals surface area contributed by atoms with Gasteiger partial charge in [-0.15, -0.1) is 0 Å². The smallest absolute Gasteiger partial charge is 0.267 e. The van der Waals surface area contributed by atoms with Crippen LogP contribution < -0.4 is 14.4 Å². The molecule has 2 aliphatic heterocycles. The molecule has 3 aromatic heterocycles. The predicted molar refractivity (Wildman–Crippen MR) is 106 cm³/mol. The van der Waals surface area contributed by atoms with E-state index in [1.54, 1.807) is 36.7 Å². The van der Waals surface area contributed by atoms with Crippen LogP contribution in [0.25, 0.3) is 22.3 Å². The van der Waals surface area contributed by atoms with Crippen LogP contribution in [0.3, 0.4) is 0 Å². The van der Waals surface area contributed by atoms with Gasteiger partial charge in [-0.2, -0.15) is 5.10 Å². The van der Waals surface area contributed by atoms with Gasteiger partial charge in [0.2, 0.25) is 0 Å². The van der Waals surface area contributed by atoms with Crippen molar-refractivity contribution in [1.29, 1.82) is 0 Å². The lowest BCUT2D eigenvalue weighted by Gasteiger charge is -2.21. The number of nitrogens with zero attached hydrogens (tertiary/aromatic N) is 4. The molecule has 0 saturated heterocycles. The molecule has 1 N–H and O–H groups in total. The topological polar surface area (TPSA) is 110 Å². The molecule has 4 aromatic rings. The van der Waals surface area contributed by atoms with Crippen molar-refractivity contribution in [2.24, 2.45) is 0 Å². The highest BCUT2D eigenvalue weighted by Crippen LogP contribution is 2.39. The number of imide groups is 1. The second kappa shape index (κ2) is 6.11. The number of hydrogen-bond acceptors (Lipinski definition) is 7. The van der Waals surface area contributed by atoms with Gasteiger partial charge in [-0.3, -0.25) is 19.7 Å². The first-order valence-electron chi connectivity index (χ1n) is 9.28. The van der Waals surface area contributed by atoms with Crippen LogP contribution in [0.15, 0.2) is 48.9 Å². The van der Waals surface area contributed by atoms with Crippen LogP contribution in [0.5, 0.6) is 11.5 Å². The van der Waals surface area contributed by atoms with Crippen LogP contribution in [-0.2, 0) is 0 Å². The molecule has 9 heteroatoms. The molecular weight excluding hydrogens is 386 g/mol. The van der Waals surface area contributed by atoms with Gasteiger partial charge >= 0.3 is 0 Å². The van der Waals surface area contributed by atoms with E-state index < -0.39 is 11.8 Å². The van der Waals surface area contributed by atoms with Crippen molar-refractivity contribution in [1.82, 2.24) is 20.2 Å². The fourth-order valence-corrected chi connectivity index (χ4v) is 3.82. The number of benzene rings is 1.